The Morgan fingerprint density at radius 1 is 1.11 bits per heavy atom. The van der Waals surface area contributed by atoms with Crippen molar-refractivity contribution in [1.82, 2.24) is 10.7 Å². The van der Waals surface area contributed by atoms with Crippen LogP contribution in [0.4, 0.5) is 0 Å². The highest BCUT2D eigenvalue weighted by Gasteiger charge is 2.03. The molecule has 2 rings (SSSR count). The first kappa shape index (κ1) is 20.4. The molecule has 0 aliphatic heterocycles. The van der Waals surface area contributed by atoms with Crippen LogP contribution in [0.25, 0.3) is 6.08 Å². The van der Waals surface area contributed by atoms with Crippen molar-refractivity contribution in [2.45, 2.75) is 0 Å². The summed E-state index contributed by atoms with van der Waals surface area (Å²) in [4.78, 5) is 34.1. The molecule has 28 heavy (non-hydrogen) atoms. The van der Waals surface area contributed by atoms with Gasteiger partial charge in [0, 0.05) is 11.6 Å². The van der Waals surface area contributed by atoms with Crippen LogP contribution in [0.15, 0.2) is 59.7 Å². The van der Waals surface area contributed by atoms with Crippen LogP contribution in [-0.2, 0) is 9.59 Å². The van der Waals surface area contributed by atoms with Crippen LogP contribution in [-0.4, -0.2) is 37.7 Å². The van der Waals surface area contributed by atoms with Crippen molar-refractivity contribution < 1.29 is 24.2 Å². The smallest absolute Gasteiger partial charge is 0.259 e. The van der Waals surface area contributed by atoms with E-state index >= 15 is 0 Å². The van der Waals surface area contributed by atoms with Crippen molar-refractivity contribution in [3.05, 3.63) is 71.3 Å². The van der Waals surface area contributed by atoms with Gasteiger partial charge < -0.3 is 20.0 Å². The lowest BCUT2D eigenvalue weighted by Crippen LogP contribution is -2.34. The summed E-state index contributed by atoms with van der Waals surface area (Å²) in [5.74, 6) is -1.59. The van der Waals surface area contributed by atoms with Gasteiger partial charge in [0.1, 0.15) is 5.75 Å². The zero-order valence-electron chi connectivity index (χ0n) is 15.0. The zero-order valence-corrected chi connectivity index (χ0v) is 15.0. The van der Waals surface area contributed by atoms with E-state index in [4.69, 9.17) is 4.74 Å². The first-order chi connectivity index (χ1) is 13.5. The predicted octanol–water partition coefficient (Wildman–Crippen LogP) is 0.338. The van der Waals surface area contributed by atoms with Crippen LogP contribution in [0.5, 0.6) is 5.75 Å². The normalized spacial score (nSPS) is 10.8. The second kappa shape index (κ2) is 10.3. The molecule has 2 aromatic carbocycles. The number of rotatable bonds is 8. The maximum Gasteiger partial charge on any atom is 0.259 e. The van der Waals surface area contributed by atoms with Gasteiger partial charge in [0.05, 0.1) is 25.8 Å². The number of methoxy groups -OCH3 is 1. The van der Waals surface area contributed by atoms with Gasteiger partial charge in [0.25, 0.3) is 5.91 Å². The Morgan fingerprint density at radius 3 is 2.50 bits per heavy atom. The lowest BCUT2D eigenvalue weighted by atomic mass is 10.1. The summed E-state index contributed by atoms with van der Waals surface area (Å²) in [7, 11) is 1.54. The SMILES string of the molecule is COc1ccccc1C=CC(=O)NCC(=O)NN=Cc1ccc(C(=O)[O-])cc1. The second-order valence-corrected chi connectivity index (χ2v) is 5.50. The molecular formula is C20H18N3O5-. The highest BCUT2D eigenvalue weighted by atomic mass is 16.5. The topological polar surface area (TPSA) is 120 Å². The van der Waals surface area contributed by atoms with Gasteiger partial charge in [-0.1, -0.05) is 42.5 Å². The number of nitrogens with one attached hydrogen (secondary N) is 2. The Labute approximate surface area is 161 Å². The van der Waals surface area contributed by atoms with Gasteiger partial charge in [-0.05, 0) is 23.3 Å². The Kier molecular flexibility index (Phi) is 7.47. The van der Waals surface area contributed by atoms with Crippen molar-refractivity contribution >= 4 is 30.1 Å². The molecule has 0 heterocycles. The van der Waals surface area contributed by atoms with Gasteiger partial charge in [0.15, 0.2) is 0 Å². The van der Waals surface area contributed by atoms with E-state index in [0.29, 0.717) is 11.3 Å². The maximum absolute atomic E-state index is 11.8. The van der Waals surface area contributed by atoms with Crippen molar-refractivity contribution in [1.29, 1.82) is 0 Å². The van der Waals surface area contributed by atoms with Crippen LogP contribution >= 0.6 is 0 Å². The summed E-state index contributed by atoms with van der Waals surface area (Å²) in [6.45, 7) is -0.254. The summed E-state index contributed by atoms with van der Waals surface area (Å²) in [5, 5.41) is 16.8. The first-order valence-corrected chi connectivity index (χ1v) is 8.22. The molecule has 2 N–H and O–H groups in total. The fourth-order valence-corrected chi connectivity index (χ4v) is 2.12. The number of aromatic carboxylic acids is 1. The second-order valence-electron chi connectivity index (χ2n) is 5.50. The molecule has 0 spiro atoms. The predicted molar refractivity (Wildman–Crippen MR) is 102 cm³/mol. The Bertz CT molecular complexity index is 904. The van der Waals surface area contributed by atoms with Crippen LogP contribution < -0.4 is 20.6 Å². The quantitative estimate of drug-likeness (QED) is 0.389. The molecule has 0 bridgehead atoms. The molecule has 0 radical (unpaired) electrons. The molecule has 0 saturated heterocycles. The minimum atomic E-state index is -1.27. The molecular weight excluding hydrogens is 362 g/mol. The number of para-hydroxylation sites is 1. The Balaban J connectivity index is 1.77. The number of carboxylic acids is 1. The average molecular weight is 380 g/mol. The minimum Gasteiger partial charge on any atom is -0.545 e. The number of carboxylic acid groups (broad SMARTS) is 1. The number of carbonyl (C=O) groups excluding carboxylic acids is 3. The standard InChI is InChI=1S/C20H19N3O5/c1-28-17-5-3-2-4-15(17)10-11-18(24)21-13-19(25)23-22-12-14-6-8-16(9-7-14)20(26)27/h2-12H,13H2,1H3,(H,21,24)(H,23,25)(H,26,27)/p-1. The summed E-state index contributed by atoms with van der Waals surface area (Å²) < 4.78 is 5.18. The van der Waals surface area contributed by atoms with E-state index in [1.807, 2.05) is 12.1 Å². The Morgan fingerprint density at radius 2 is 1.82 bits per heavy atom. The van der Waals surface area contributed by atoms with Crippen LogP contribution in [0, 0.1) is 0 Å². The lowest BCUT2D eigenvalue weighted by molar-refractivity contribution is -0.255. The number of benzene rings is 2. The zero-order chi connectivity index (χ0) is 20.4. The molecule has 0 saturated carbocycles. The van der Waals surface area contributed by atoms with Gasteiger partial charge in [-0.3, -0.25) is 9.59 Å². The van der Waals surface area contributed by atoms with Gasteiger partial charge in [-0.15, -0.1) is 0 Å². The van der Waals surface area contributed by atoms with E-state index in [0.717, 1.165) is 5.56 Å². The molecule has 0 aromatic heterocycles. The number of ether oxygens (including phenoxy) is 1. The third-order valence-electron chi connectivity index (χ3n) is 3.53. The number of hydrogen-bond acceptors (Lipinski definition) is 6. The van der Waals surface area contributed by atoms with Crippen LogP contribution in [0.2, 0.25) is 0 Å². The van der Waals surface area contributed by atoms with Crippen LogP contribution in [0.3, 0.4) is 0 Å². The van der Waals surface area contributed by atoms with Crippen molar-refractivity contribution in [3.8, 4) is 5.75 Å². The van der Waals surface area contributed by atoms with Crippen LogP contribution in [0.1, 0.15) is 21.5 Å². The van der Waals surface area contributed by atoms with E-state index in [2.05, 4.69) is 15.8 Å². The molecule has 0 unspecified atom stereocenters. The molecule has 8 nitrogen and oxygen atoms in total. The number of nitrogens with zero attached hydrogens (tertiary/aromatic N) is 1. The maximum atomic E-state index is 11.8. The fraction of sp³-hybridized carbons (Fsp3) is 0.100. The number of hydrazone groups is 1. The van der Waals surface area contributed by atoms with E-state index in [1.54, 1.807) is 18.2 Å². The molecule has 2 amide bonds. The lowest BCUT2D eigenvalue weighted by Gasteiger charge is -2.04. The molecule has 8 heteroatoms. The Hall–Kier alpha value is -3.94. The van der Waals surface area contributed by atoms with Gasteiger partial charge >= 0.3 is 0 Å². The monoisotopic (exact) mass is 380 g/mol. The molecule has 2 aromatic rings. The fourth-order valence-electron chi connectivity index (χ4n) is 2.12. The minimum absolute atomic E-state index is 0.0464. The van der Waals surface area contributed by atoms with Gasteiger partial charge in [-0.2, -0.15) is 5.10 Å². The molecule has 0 aliphatic rings. The summed E-state index contributed by atoms with van der Waals surface area (Å²) in [6, 6.07) is 13.0. The van der Waals surface area contributed by atoms with Crippen molar-refractivity contribution in [2.75, 3.05) is 13.7 Å². The molecule has 0 aliphatic carbocycles. The summed E-state index contributed by atoms with van der Waals surface area (Å²) in [5.41, 5.74) is 3.63. The number of hydrogen-bond donors (Lipinski definition) is 2. The summed E-state index contributed by atoms with van der Waals surface area (Å²) >= 11 is 0. The highest BCUT2D eigenvalue weighted by Crippen LogP contribution is 2.18. The van der Waals surface area contributed by atoms with Crippen molar-refractivity contribution in [3.63, 3.8) is 0 Å². The largest absolute Gasteiger partial charge is 0.545 e. The number of amides is 2. The van der Waals surface area contributed by atoms with Gasteiger partial charge in [-0.25, -0.2) is 5.43 Å². The first-order valence-electron chi connectivity index (χ1n) is 8.22. The van der Waals surface area contributed by atoms with E-state index in [-0.39, 0.29) is 12.1 Å². The number of carbonyl (C=O) groups is 3. The molecule has 0 atom stereocenters. The van der Waals surface area contributed by atoms with Crippen molar-refractivity contribution in [2.24, 2.45) is 5.10 Å². The average Bonchev–Trinajstić information content (AvgIpc) is 2.71. The van der Waals surface area contributed by atoms with E-state index in [9.17, 15) is 19.5 Å². The molecule has 0 fully saturated rings. The van der Waals surface area contributed by atoms with E-state index in [1.165, 1.54) is 43.7 Å². The highest BCUT2D eigenvalue weighted by molar-refractivity contribution is 5.94. The van der Waals surface area contributed by atoms with E-state index < -0.39 is 17.8 Å². The third kappa shape index (κ3) is 6.41. The summed E-state index contributed by atoms with van der Waals surface area (Å²) in [6.07, 6.45) is 4.23. The third-order valence-corrected chi connectivity index (χ3v) is 3.53. The van der Waals surface area contributed by atoms with Gasteiger partial charge in [0.2, 0.25) is 5.91 Å². The molecule has 144 valence electrons.